The van der Waals surface area contributed by atoms with E-state index in [2.05, 4.69) is 40.1 Å². The number of anilines is 2. The smallest absolute Gasteiger partial charge is 0.156 e. The van der Waals surface area contributed by atoms with E-state index in [9.17, 15) is 0 Å². The molecule has 3 rings (SSSR count). The van der Waals surface area contributed by atoms with Crippen LogP contribution in [0.15, 0.2) is 100 Å². The second-order valence-corrected chi connectivity index (χ2v) is 7.94. The summed E-state index contributed by atoms with van der Waals surface area (Å²) in [5, 5.41) is 6.62. The molecule has 1 aliphatic rings. The Bertz CT molecular complexity index is 1080. The molecule has 2 aromatic carbocycles. The van der Waals surface area contributed by atoms with Gasteiger partial charge in [0.1, 0.15) is 5.75 Å². The third-order valence-electron chi connectivity index (χ3n) is 4.59. The van der Waals surface area contributed by atoms with Crippen LogP contribution in [0.2, 0.25) is 0 Å². The maximum Gasteiger partial charge on any atom is 0.156 e. The fourth-order valence-corrected chi connectivity index (χ4v) is 3.71. The molecule has 0 unspecified atom stereocenters. The Balaban J connectivity index is 1.91. The van der Waals surface area contributed by atoms with E-state index in [1.54, 1.807) is 7.11 Å². The number of aryl methyl sites for hydroxylation is 1. The van der Waals surface area contributed by atoms with Crippen molar-refractivity contribution < 1.29 is 4.74 Å². The molecule has 0 saturated heterocycles. The van der Waals surface area contributed by atoms with Crippen LogP contribution >= 0.6 is 11.9 Å². The van der Waals surface area contributed by atoms with E-state index in [1.807, 2.05) is 69.5 Å². The highest BCUT2D eigenvalue weighted by Gasteiger charge is 2.09. The first-order chi connectivity index (χ1) is 15.0. The van der Waals surface area contributed by atoms with Gasteiger partial charge in [-0.05, 0) is 73.3 Å². The van der Waals surface area contributed by atoms with Crippen molar-refractivity contribution >= 4 is 29.0 Å². The molecule has 0 amide bonds. The van der Waals surface area contributed by atoms with Crippen LogP contribution in [0, 0.1) is 6.92 Å². The van der Waals surface area contributed by atoms with Gasteiger partial charge in [0.15, 0.2) is 5.82 Å². The highest BCUT2D eigenvalue weighted by atomic mass is 32.2. The summed E-state index contributed by atoms with van der Waals surface area (Å²) < 4.78 is 8.81. The average Bonchev–Trinajstić information content (AvgIpc) is 2.77. The molecule has 3 N–H and O–H groups in total. The number of hydrogen-bond acceptors (Lipinski definition) is 6. The van der Waals surface area contributed by atoms with Gasteiger partial charge in [-0.2, -0.15) is 0 Å². The van der Waals surface area contributed by atoms with Crippen LogP contribution in [0.3, 0.4) is 0 Å². The van der Waals surface area contributed by atoms with E-state index < -0.39 is 0 Å². The lowest BCUT2D eigenvalue weighted by molar-refractivity contribution is 0.414. The minimum Gasteiger partial charge on any atom is -0.497 e. The zero-order valence-corrected chi connectivity index (χ0v) is 19.1. The normalized spacial score (nSPS) is 15.0. The standard InChI is InChI=1S/C25H28N4OS/c1-17-13-21(15-22(14-17)30-5)27-19(3)25(28-24-12-7-6-9-18(24)2)29-31-23-11-8-10-20(16-23)26-4/h6-16,26-27,29H,2H2,1,3-5H3/b25-19-,28-24-. The summed E-state index contributed by atoms with van der Waals surface area (Å²) in [6.45, 7) is 8.13. The van der Waals surface area contributed by atoms with E-state index in [1.165, 1.54) is 11.9 Å². The summed E-state index contributed by atoms with van der Waals surface area (Å²) in [6.07, 6.45) is 7.83. The van der Waals surface area contributed by atoms with Crippen LogP contribution < -0.4 is 20.1 Å². The Hall–Kier alpha value is -3.38. The Kier molecular flexibility index (Phi) is 7.62. The van der Waals surface area contributed by atoms with Gasteiger partial charge in [0.2, 0.25) is 0 Å². The van der Waals surface area contributed by atoms with Crippen molar-refractivity contribution in [2.24, 2.45) is 4.99 Å². The molecule has 0 fully saturated rings. The minimum atomic E-state index is 0.719. The van der Waals surface area contributed by atoms with Crippen molar-refractivity contribution in [1.82, 2.24) is 4.72 Å². The van der Waals surface area contributed by atoms with Crippen LogP contribution in [-0.2, 0) is 0 Å². The summed E-state index contributed by atoms with van der Waals surface area (Å²) in [5.74, 6) is 1.53. The van der Waals surface area contributed by atoms with Gasteiger partial charge in [-0.25, -0.2) is 4.99 Å². The van der Waals surface area contributed by atoms with E-state index >= 15 is 0 Å². The van der Waals surface area contributed by atoms with E-state index in [0.29, 0.717) is 0 Å². The number of nitrogens with one attached hydrogen (secondary N) is 3. The number of nitrogens with zero attached hydrogens (tertiary/aromatic N) is 1. The van der Waals surface area contributed by atoms with E-state index in [-0.39, 0.29) is 0 Å². The molecule has 0 saturated carbocycles. The predicted octanol–water partition coefficient (Wildman–Crippen LogP) is 6.07. The van der Waals surface area contributed by atoms with Crippen LogP contribution in [0.1, 0.15) is 12.5 Å². The zero-order valence-electron chi connectivity index (χ0n) is 18.3. The number of ether oxygens (including phenoxy) is 1. The fraction of sp³-hybridized carbons (Fsp3) is 0.160. The molecule has 6 heteroatoms. The Labute approximate surface area is 188 Å². The molecular formula is C25H28N4OS. The van der Waals surface area contributed by atoms with Crippen LogP contribution in [0.25, 0.3) is 0 Å². The van der Waals surface area contributed by atoms with Gasteiger partial charge >= 0.3 is 0 Å². The number of methoxy groups -OCH3 is 1. The topological polar surface area (TPSA) is 57.7 Å². The van der Waals surface area contributed by atoms with Gasteiger partial charge in [-0.3, -0.25) is 0 Å². The minimum absolute atomic E-state index is 0.719. The van der Waals surface area contributed by atoms with Crippen molar-refractivity contribution in [2.75, 3.05) is 24.8 Å². The van der Waals surface area contributed by atoms with E-state index in [0.717, 1.165) is 50.4 Å². The van der Waals surface area contributed by atoms with Gasteiger partial charge in [0.05, 0.1) is 18.5 Å². The van der Waals surface area contributed by atoms with Gasteiger partial charge in [0.25, 0.3) is 0 Å². The second kappa shape index (κ2) is 10.6. The third kappa shape index (κ3) is 6.30. The molecule has 0 spiro atoms. The Morgan fingerprint density at radius 1 is 1.06 bits per heavy atom. The average molecular weight is 433 g/mol. The quantitative estimate of drug-likeness (QED) is 0.442. The number of hydrogen-bond donors (Lipinski definition) is 3. The lowest BCUT2D eigenvalue weighted by Gasteiger charge is -2.15. The first-order valence-electron chi connectivity index (χ1n) is 9.95. The first-order valence-corrected chi connectivity index (χ1v) is 10.8. The van der Waals surface area contributed by atoms with Crippen molar-refractivity contribution in [3.05, 3.63) is 96.0 Å². The van der Waals surface area contributed by atoms with Crippen LogP contribution in [0.5, 0.6) is 5.75 Å². The van der Waals surface area contributed by atoms with Crippen LogP contribution in [0.4, 0.5) is 11.4 Å². The molecule has 1 aliphatic carbocycles. The number of rotatable bonds is 8. The fourth-order valence-electron chi connectivity index (χ4n) is 2.96. The van der Waals surface area contributed by atoms with Gasteiger partial charge in [-0.15, -0.1) is 0 Å². The maximum absolute atomic E-state index is 5.40. The second-order valence-electron chi connectivity index (χ2n) is 7.06. The van der Waals surface area contributed by atoms with Crippen molar-refractivity contribution in [2.45, 2.75) is 18.7 Å². The lowest BCUT2D eigenvalue weighted by atomic mass is 10.1. The molecule has 0 aromatic heterocycles. The molecule has 2 aromatic rings. The summed E-state index contributed by atoms with van der Waals surface area (Å²) in [5.41, 5.74) is 5.68. The number of allylic oxidation sites excluding steroid dienone is 6. The Morgan fingerprint density at radius 2 is 1.87 bits per heavy atom. The summed E-state index contributed by atoms with van der Waals surface area (Å²) >= 11 is 1.51. The van der Waals surface area contributed by atoms with Crippen molar-refractivity contribution in [3.8, 4) is 5.75 Å². The van der Waals surface area contributed by atoms with E-state index in [4.69, 9.17) is 9.73 Å². The lowest BCUT2D eigenvalue weighted by Crippen LogP contribution is -2.12. The Morgan fingerprint density at radius 3 is 2.61 bits per heavy atom. The molecule has 0 atom stereocenters. The summed E-state index contributed by atoms with van der Waals surface area (Å²) in [6, 6.07) is 14.2. The molecule has 0 bridgehead atoms. The SMILES string of the molecule is C=C1C=CC=C/C1=N/C(NSc1cccc(NC)c1)=C(\C)Nc1cc(C)cc(OC)c1. The van der Waals surface area contributed by atoms with Gasteiger partial charge in [0, 0.05) is 29.4 Å². The van der Waals surface area contributed by atoms with Gasteiger partial charge < -0.3 is 20.1 Å². The molecule has 0 radical (unpaired) electrons. The highest BCUT2D eigenvalue weighted by Crippen LogP contribution is 2.25. The molecule has 5 nitrogen and oxygen atoms in total. The maximum atomic E-state index is 5.40. The molecular weight excluding hydrogens is 404 g/mol. The van der Waals surface area contributed by atoms with Crippen LogP contribution in [-0.4, -0.2) is 19.9 Å². The monoisotopic (exact) mass is 432 g/mol. The zero-order chi connectivity index (χ0) is 22.2. The molecule has 160 valence electrons. The van der Waals surface area contributed by atoms with Crippen molar-refractivity contribution in [3.63, 3.8) is 0 Å². The third-order valence-corrected chi connectivity index (χ3v) is 5.37. The largest absolute Gasteiger partial charge is 0.497 e. The predicted molar refractivity (Wildman–Crippen MR) is 134 cm³/mol. The van der Waals surface area contributed by atoms with Gasteiger partial charge in [-0.1, -0.05) is 30.9 Å². The molecule has 0 heterocycles. The summed E-state index contributed by atoms with van der Waals surface area (Å²) in [4.78, 5) is 5.93. The number of aliphatic imine (C=N–C) groups is 1. The summed E-state index contributed by atoms with van der Waals surface area (Å²) in [7, 11) is 3.58. The number of benzene rings is 2. The molecule has 0 aliphatic heterocycles. The highest BCUT2D eigenvalue weighted by molar-refractivity contribution is 7.97. The first kappa shape index (κ1) is 22.3. The van der Waals surface area contributed by atoms with Crippen molar-refractivity contribution in [1.29, 1.82) is 0 Å². The molecule has 31 heavy (non-hydrogen) atoms.